The zero-order chi connectivity index (χ0) is 23.9. The number of aryl methyl sites for hydroxylation is 1. The first-order valence-electron chi connectivity index (χ1n) is 10.2. The van der Waals surface area contributed by atoms with E-state index in [0.29, 0.717) is 11.3 Å². The number of oxime groups is 1. The predicted octanol–water partition coefficient (Wildman–Crippen LogP) is 4.36. The molecule has 6 nitrogen and oxygen atoms in total. The van der Waals surface area contributed by atoms with E-state index in [0.717, 1.165) is 0 Å². The molecule has 0 bridgehead atoms. The SMILES string of the molecule is CC1=NOC(c2ccc(NC(=O)C3(C(C)C)C=CC=CC3C(N)=O)c(C)c2)(C(F)(F)F)C1. The second-order valence-corrected chi connectivity index (χ2v) is 8.61. The van der Waals surface area contributed by atoms with E-state index < -0.39 is 41.3 Å². The number of rotatable bonds is 5. The average Bonchev–Trinajstić information content (AvgIpc) is 3.12. The van der Waals surface area contributed by atoms with Crippen LogP contribution in [0.4, 0.5) is 18.9 Å². The van der Waals surface area contributed by atoms with Gasteiger partial charge in [0.25, 0.3) is 5.60 Å². The largest absolute Gasteiger partial charge is 0.435 e. The van der Waals surface area contributed by atoms with Crippen molar-refractivity contribution in [1.29, 1.82) is 0 Å². The van der Waals surface area contributed by atoms with E-state index in [-0.39, 0.29) is 17.2 Å². The van der Waals surface area contributed by atoms with Gasteiger partial charge in [-0.15, -0.1) is 0 Å². The van der Waals surface area contributed by atoms with Crippen LogP contribution in [-0.4, -0.2) is 23.7 Å². The van der Waals surface area contributed by atoms with Gasteiger partial charge in [-0.2, -0.15) is 13.2 Å². The Hall–Kier alpha value is -3.10. The molecule has 3 unspecified atom stereocenters. The molecule has 3 rings (SSSR count). The van der Waals surface area contributed by atoms with Crippen molar-refractivity contribution in [2.24, 2.45) is 28.1 Å². The number of halogens is 3. The molecule has 0 fully saturated rings. The Kier molecular flexibility index (Phi) is 5.97. The Morgan fingerprint density at radius 1 is 1.25 bits per heavy atom. The Labute approximate surface area is 184 Å². The van der Waals surface area contributed by atoms with Crippen LogP contribution in [0.3, 0.4) is 0 Å². The van der Waals surface area contributed by atoms with Gasteiger partial charge in [0.2, 0.25) is 11.8 Å². The van der Waals surface area contributed by atoms with Crippen molar-refractivity contribution in [3.63, 3.8) is 0 Å². The van der Waals surface area contributed by atoms with Gasteiger partial charge in [-0.3, -0.25) is 9.59 Å². The van der Waals surface area contributed by atoms with Gasteiger partial charge < -0.3 is 15.9 Å². The molecule has 0 radical (unpaired) electrons. The molecule has 1 heterocycles. The minimum Gasteiger partial charge on any atom is -0.374 e. The van der Waals surface area contributed by atoms with Crippen molar-refractivity contribution in [2.45, 2.75) is 45.9 Å². The minimum atomic E-state index is -4.68. The van der Waals surface area contributed by atoms with Crippen LogP contribution in [0.25, 0.3) is 0 Å². The lowest BCUT2D eigenvalue weighted by atomic mass is 9.64. The molecule has 1 aliphatic carbocycles. The number of nitrogens with zero attached hydrogens (tertiary/aromatic N) is 1. The van der Waals surface area contributed by atoms with Crippen LogP contribution in [0.2, 0.25) is 0 Å². The summed E-state index contributed by atoms with van der Waals surface area (Å²) < 4.78 is 41.7. The number of anilines is 1. The lowest BCUT2D eigenvalue weighted by molar-refractivity contribution is -0.275. The molecule has 0 saturated carbocycles. The van der Waals surface area contributed by atoms with Gasteiger partial charge in [-0.05, 0) is 37.5 Å². The van der Waals surface area contributed by atoms with Crippen LogP contribution in [0.5, 0.6) is 0 Å². The summed E-state index contributed by atoms with van der Waals surface area (Å²) in [5.41, 5.74) is 2.67. The molecule has 3 N–H and O–H groups in total. The molecule has 172 valence electrons. The number of alkyl halides is 3. The Morgan fingerprint density at radius 3 is 2.44 bits per heavy atom. The van der Waals surface area contributed by atoms with E-state index >= 15 is 0 Å². The molecule has 2 amide bonds. The van der Waals surface area contributed by atoms with E-state index in [4.69, 9.17) is 10.6 Å². The summed E-state index contributed by atoms with van der Waals surface area (Å²) in [6.07, 6.45) is 1.49. The zero-order valence-electron chi connectivity index (χ0n) is 18.3. The molecule has 1 aromatic carbocycles. The Balaban J connectivity index is 1.95. The van der Waals surface area contributed by atoms with Gasteiger partial charge in [-0.25, -0.2) is 0 Å². The van der Waals surface area contributed by atoms with Crippen LogP contribution >= 0.6 is 0 Å². The quantitative estimate of drug-likeness (QED) is 0.700. The van der Waals surface area contributed by atoms with Gasteiger partial charge in [0.05, 0.1) is 17.0 Å². The molecule has 2 aliphatic rings. The molecule has 32 heavy (non-hydrogen) atoms. The standard InChI is InChI=1S/C23H26F3N3O3/c1-13(2)21(10-6-5-7-17(21)19(27)30)20(31)28-18-9-8-16(11-14(18)3)22(23(24,25)26)12-15(4)29-32-22/h5-11,13,17H,12H2,1-4H3,(H2,27,30)(H,28,31). The maximum absolute atomic E-state index is 13.9. The number of carbonyl (C=O) groups excluding carboxylic acids is 2. The Morgan fingerprint density at radius 2 is 1.94 bits per heavy atom. The zero-order valence-corrected chi connectivity index (χ0v) is 18.3. The summed E-state index contributed by atoms with van der Waals surface area (Å²) >= 11 is 0. The fourth-order valence-corrected chi connectivity index (χ4v) is 4.35. The van der Waals surface area contributed by atoms with Gasteiger partial charge in [0.1, 0.15) is 0 Å². The van der Waals surface area contributed by atoms with Crippen molar-refractivity contribution < 1.29 is 27.6 Å². The third kappa shape index (κ3) is 3.69. The van der Waals surface area contributed by atoms with Crippen LogP contribution in [0, 0.1) is 24.2 Å². The molecule has 1 aromatic rings. The van der Waals surface area contributed by atoms with Crippen LogP contribution in [-0.2, 0) is 20.0 Å². The summed E-state index contributed by atoms with van der Waals surface area (Å²) in [6, 6.07) is 4.01. The van der Waals surface area contributed by atoms with Gasteiger partial charge in [-0.1, -0.05) is 49.4 Å². The van der Waals surface area contributed by atoms with Crippen molar-refractivity contribution in [3.05, 3.63) is 53.6 Å². The molecule has 0 spiro atoms. The van der Waals surface area contributed by atoms with E-state index in [1.54, 1.807) is 31.2 Å². The number of carbonyl (C=O) groups is 2. The highest BCUT2D eigenvalue weighted by Gasteiger charge is 2.61. The van der Waals surface area contributed by atoms with E-state index in [9.17, 15) is 22.8 Å². The highest BCUT2D eigenvalue weighted by atomic mass is 19.4. The number of hydrogen-bond acceptors (Lipinski definition) is 4. The van der Waals surface area contributed by atoms with E-state index in [2.05, 4.69) is 10.5 Å². The summed E-state index contributed by atoms with van der Waals surface area (Å²) in [6.45, 7) is 6.68. The van der Waals surface area contributed by atoms with Gasteiger partial charge in [0.15, 0.2) is 0 Å². The predicted molar refractivity (Wildman–Crippen MR) is 115 cm³/mol. The van der Waals surface area contributed by atoms with Crippen LogP contribution in [0.15, 0.2) is 47.7 Å². The first-order chi connectivity index (χ1) is 14.8. The summed E-state index contributed by atoms with van der Waals surface area (Å²) in [7, 11) is 0. The fourth-order valence-electron chi connectivity index (χ4n) is 4.35. The molecule has 0 aromatic heterocycles. The lowest BCUT2D eigenvalue weighted by Crippen LogP contribution is -2.49. The third-order valence-electron chi connectivity index (χ3n) is 6.22. The van der Waals surface area contributed by atoms with Gasteiger partial charge >= 0.3 is 6.18 Å². The molecule has 9 heteroatoms. The lowest BCUT2D eigenvalue weighted by Gasteiger charge is -2.39. The number of amides is 2. The molecule has 3 atom stereocenters. The summed E-state index contributed by atoms with van der Waals surface area (Å²) in [5.74, 6) is -2.23. The van der Waals surface area contributed by atoms with E-state index in [1.807, 2.05) is 13.8 Å². The van der Waals surface area contributed by atoms with Crippen molar-refractivity contribution in [1.82, 2.24) is 0 Å². The van der Waals surface area contributed by atoms with Crippen molar-refractivity contribution >= 4 is 23.2 Å². The van der Waals surface area contributed by atoms with Crippen LogP contribution < -0.4 is 11.1 Å². The first kappa shape index (κ1) is 23.6. The molecular formula is C23H26F3N3O3. The minimum absolute atomic E-state index is 0.102. The number of nitrogens with one attached hydrogen (secondary N) is 1. The second kappa shape index (κ2) is 8.11. The highest BCUT2D eigenvalue weighted by molar-refractivity contribution is 6.01. The van der Waals surface area contributed by atoms with Crippen molar-refractivity contribution in [3.8, 4) is 0 Å². The number of hydrogen-bond donors (Lipinski definition) is 2. The monoisotopic (exact) mass is 449 g/mol. The summed E-state index contributed by atoms with van der Waals surface area (Å²) in [5, 5.41) is 6.30. The topological polar surface area (TPSA) is 93.8 Å². The molecule has 0 saturated heterocycles. The van der Waals surface area contributed by atoms with E-state index in [1.165, 1.54) is 25.1 Å². The normalized spacial score (nSPS) is 27.2. The van der Waals surface area contributed by atoms with Gasteiger partial charge in [0, 0.05) is 17.7 Å². The molecule has 1 aliphatic heterocycles. The van der Waals surface area contributed by atoms with Crippen LogP contribution in [0.1, 0.15) is 38.3 Å². The highest BCUT2D eigenvalue weighted by Crippen LogP contribution is 2.49. The van der Waals surface area contributed by atoms with Crippen molar-refractivity contribution in [2.75, 3.05) is 5.32 Å². The average molecular weight is 449 g/mol. The number of primary amides is 1. The second-order valence-electron chi connectivity index (χ2n) is 8.61. The maximum Gasteiger partial charge on any atom is 0.435 e. The third-order valence-corrected chi connectivity index (χ3v) is 6.22. The fraction of sp³-hybridized carbons (Fsp3) is 0.435. The summed E-state index contributed by atoms with van der Waals surface area (Å²) in [4.78, 5) is 30.3. The maximum atomic E-state index is 13.9. The smallest absolute Gasteiger partial charge is 0.374 e. The molecular weight excluding hydrogens is 423 g/mol. The number of nitrogens with two attached hydrogens (primary N) is 1. The number of benzene rings is 1. The number of allylic oxidation sites excluding steroid dienone is 2. The Bertz CT molecular complexity index is 1030. The first-order valence-corrected chi connectivity index (χ1v) is 10.2.